The molecule has 1 N–H and O–H groups in total. The first kappa shape index (κ1) is 17.2. The highest BCUT2D eigenvalue weighted by Crippen LogP contribution is 2.29. The van der Waals surface area contributed by atoms with Gasteiger partial charge >= 0.3 is 5.97 Å². The number of anilines is 1. The highest BCUT2D eigenvalue weighted by molar-refractivity contribution is 6.43. The fraction of sp³-hybridized carbons (Fsp3) is 0.125. The first-order valence-corrected chi connectivity index (χ1v) is 7.36. The van der Waals surface area contributed by atoms with Crippen molar-refractivity contribution < 1.29 is 18.7 Å². The predicted molar refractivity (Wildman–Crippen MR) is 86.2 cm³/mol. The van der Waals surface area contributed by atoms with Crippen molar-refractivity contribution in [1.82, 2.24) is 0 Å². The molecule has 1 amide bonds. The Bertz CT molecular complexity index is 737. The van der Waals surface area contributed by atoms with E-state index in [2.05, 4.69) is 5.32 Å². The molecule has 0 atom stereocenters. The number of hydrogen-bond donors (Lipinski definition) is 1. The summed E-state index contributed by atoms with van der Waals surface area (Å²) < 4.78 is 18.2. The maximum atomic E-state index is 13.4. The molecule has 0 unspecified atom stereocenters. The number of esters is 1. The van der Waals surface area contributed by atoms with Gasteiger partial charge in [-0.15, -0.1) is 0 Å². The largest absolute Gasteiger partial charge is 0.455 e. The first-order valence-electron chi connectivity index (χ1n) is 6.60. The van der Waals surface area contributed by atoms with E-state index < -0.39 is 24.3 Å². The molecule has 7 heteroatoms. The molecule has 0 aliphatic heterocycles. The van der Waals surface area contributed by atoms with E-state index >= 15 is 0 Å². The molecule has 0 saturated carbocycles. The lowest BCUT2D eigenvalue weighted by atomic mass is 10.1. The van der Waals surface area contributed by atoms with Crippen LogP contribution < -0.4 is 5.32 Å². The van der Waals surface area contributed by atoms with E-state index in [4.69, 9.17) is 27.9 Å². The zero-order chi connectivity index (χ0) is 16.8. The molecule has 2 aromatic carbocycles. The van der Waals surface area contributed by atoms with Gasteiger partial charge in [0.05, 0.1) is 22.2 Å². The van der Waals surface area contributed by atoms with Crippen LogP contribution in [0.1, 0.15) is 5.56 Å². The van der Waals surface area contributed by atoms with Crippen LogP contribution in [-0.2, 0) is 20.7 Å². The topological polar surface area (TPSA) is 55.4 Å². The number of halogens is 3. The highest BCUT2D eigenvalue weighted by atomic mass is 35.5. The molecule has 0 aliphatic rings. The van der Waals surface area contributed by atoms with E-state index in [1.54, 1.807) is 24.3 Å². The van der Waals surface area contributed by atoms with Gasteiger partial charge < -0.3 is 10.1 Å². The summed E-state index contributed by atoms with van der Waals surface area (Å²) >= 11 is 11.8. The Hall–Kier alpha value is -2.11. The van der Waals surface area contributed by atoms with E-state index in [0.29, 0.717) is 10.7 Å². The van der Waals surface area contributed by atoms with Gasteiger partial charge in [-0.25, -0.2) is 4.39 Å². The van der Waals surface area contributed by atoms with Crippen molar-refractivity contribution in [3.63, 3.8) is 0 Å². The maximum Gasteiger partial charge on any atom is 0.310 e. The van der Waals surface area contributed by atoms with Crippen LogP contribution in [0, 0.1) is 5.82 Å². The Morgan fingerprint density at radius 2 is 1.83 bits per heavy atom. The summed E-state index contributed by atoms with van der Waals surface area (Å²) in [7, 11) is 0. The predicted octanol–water partition coefficient (Wildman–Crippen LogP) is 3.86. The molecule has 23 heavy (non-hydrogen) atoms. The fourth-order valence-corrected chi connectivity index (χ4v) is 2.13. The van der Waals surface area contributed by atoms with Crippen LogP contribution in [0.5, 0.6) is 0 Å². The maximum absolute atomic E-state index is 13.4. The molecule has 0 heterocycles. The highest BCUT2D eigenvalue weighted by Gasteiger charge is 2.12. The normalized spacial score (nSPS) is 10.2. The van der Waals surface area contributed by atoms with Gasteiger partial charge in [-0.3, -0.25) is 9.59 Å². The van der Waals surface area contributed by atoms with Gasteiger partial charge in [-0.2, -0.15) is 0 Å². The molecule has 0 bridgehead atoms. The minimum atomic E-state index is -0.706. The average molecular weight is 356 g/mol. The summed E-state index contributed by atoms with van der Waals surface area (Å²) in [6.45, 7) is -0.504. The molecule has 0 aromatic heterocycles. The van der Waals surface area contributed by atoms with Crippen LogP contribution in [0.25, 0.3) is 0 Å². The Morgan fingerprint density at radius 3 is 2.57 bits per heavy atom. The van der Waals surface area contributed by atoms with Gasteiger partial charge in [-0.05, 0) is 23.8 Å². The molecule has 4 nitrogen and oxygen atoms in total. The minimum absolute atomic E-state index is 0.195. The van der Waals surface area contributed by atoms with E-state index in [1.807, 2.05) is 0 Å². The Balaban J connectivity index is 1.86. The number of carbonyl (C=O) groups excluding carboxylic acids is 2. The summed E-state index contributed by atoms with van der Waals surface area (Å²) in [5.41, 5.74) is 0.519. The number of benzene rings is 2. The molecule has 0 radical (unpaired) electrons. The quantitative estimate of drug-likeness (QED) is 0.828. The fourth-order valence-electron chi connectivity index (χ4n) is 1.78. The second-order valence-corrected chi connectivity index (χ2v) is 5.36. The summed E-state index contributed by atoms with van der Waals surface area (Å²) in [5, 5.41) is 2.96. The zero-order valence-corrected chi connectivity index (χ0v) is 13.3. The smallest absolute Gasteiger partial charge is 0.310 e. The van der Waals surface area contributed by atoms with Crippen LogP contribution in [0.15, 0.2) is 42.5 Å². The molecular formula is C16H12Cl2FNO3. The standard InChI is InChI=1S/C16H12Cl2FNO3/c17-11-5-3-7-13(16(11)18)20-14(21)9-23-15(22)8-10-4-1-2-6-12(10)19/h1-7H,8-9H2,(H,20,21). The van der Waals surface area contributed by atoms with Gasteiger partial charge in [0.1, 0.15) is 5.82 Å². The summed E-state index contributed by atoms with van der Waals surface area (Å²) in [4.78, 5) is 23.4. The van der Waals surface area contributed by atoms with Gasteiger partial charge in [0, 0.05) is 0 Å². The SMILES string of the molecule is O=C(COC(=O)Cc1ccccc1F)Nc1cccc(Cl)c1Cl. The lowest BCUT2D eigenvalue weighted by molar-refractivity contribution is -0.146. The molecule has 2 rings (SSSR count). The molecule has 120 valence electrons. The van der Waals surface area contributed by atoms with Crippen LogP contribution in [-0.4, -0.2) is 18.5 Å². The summed E-state index contributed by atoms with van der Waals surface area (Å²) in [6.07, 6.45) is -0.252. The van der Waals surface area contributed by atoms with Crippen molar-refractivity contribution >= 4 is 40.8 Å². The second-order valence-electron chi connectivity index (χ2n) is 4.58. The van der Waals surface area contributed by atoms with E-state index in [1.165, 1.54) is 18.2 Å². The molecule has 0 fully saturated rings. The number of ether oxygens (including phenoxy) is 1. The molecular weight excluding hydrogens is 344 g/mol. The zero-order valence-electron chi connectivity index (χ0n) is 11.8. The van der Waals surface area contributed by atoms with Crippen LogP contribution >= 0.6 is 23.2 Å². The second kappa shape index (κ2) is 7.94. The van der Waals surface area contributed by atoms with Crippen molar-refractivity contribution in [2.75, 3.05) is 11.9 Å². The van der Waals surface area contributed by atoms with Gasteiger partial charge in [0.25, 0.3) is 5.91 Å². The van der Waals surface area contributed by atoms with Crippen LogP contribution in [0.2, 0.25) is 10.0 Å². The van der Waals surface area contributed by atoms with Crippen LogP contribution in [0.4, 0.5) is 10.1 Å². The Morgan fingerprint density at radius 1 is 1.09 bits per heavy atom. The third-order valence-electron chi connectivity index (χ3n) is 2.88. The van der Waals surface area contributed by atoms with Gasteiger partial charge in [0.2, 0.25) is 0 Å². The van der Waals surface area contributed by atoms with Crippen LogP contribution in [0.3, 0.4) is 0 Å². The van der Waals surface area contributed by atoms with Crippen molar-refractivity contribution in [3.05, 3.63) is 63.9 Å². The third-order valence-corrected chi connectivity index (χ3v) is 3.70. The van der Waals surface area contributed by atoms with Gasteiger partial charge in [0.15, 0.2) is 6.61 Å². The van der Waals surface area contributed by atoms with E-state index in [9.17, 15) is 14.0 Å². The van der Waals surface area contributed by atoms with Crippen molar-refractivity contribution in [1.29, 1.82) is 0 Å². The molecule has 0 spiro atoms. The Kier molecular flexibility index (Phi) is 5.96. The average Bonchev–Trinajstić information content (AvgIpc) is 2.52. The third kappa shape index (κ3) is 4.94. The number of carbonyl (C=O) groups is 2. The summed E-state index contributed by atoms with van der Waals surface area (Å²) in [5.74, 6) is -1.78. The number of rotatable bonds is 5. The number of nitrogens with one attached hydrogen (secondary N) is 1. The lowest BCUT2D eigenvalue weighted by Gasteiger charge is -2.09. The lowest BCUT2D eigenvalue weighted by Crippen LogP contribution is -2.22. The molecule has 0 saturated heterocycles. The van der Waals surface area contributed by atoms with Gasteiger partial charge in [-0.1, -0.05) is 47.5 Å². The molecule has 0 aliphatic carbocycles. The van der Waals surface area contributed by atoms with Crippen molar-refractivity contribution in [2.24, 2.45) is 0 Å². The van der Waals surface area contributed by atoms with E-state index in [-0.39, 0.29) is 17.0 Å². The van der Waals surface area contributed by atoms with E-state index in [0.717, 1.165) is 0 Å². The Labute approximate surface area is 142 Å². The number of amides is 1. The minimum Gasteiger partial charge on any atom is -0.455 e. The van der Waals surface area contributed by atoms with Crippen molar-refractivity contribution in [3.8, 4) is 0 Å². The first-order chi connectivity index (χ1) is 11.0. The number of hydrogen-bond acceptors (Lipinski definition) is 3. The molecule has 2 aromatic rings. The van der Waals surface area contributed by atoms with Crippen molar-refractivity contribution in [2.45, 2.75) is 6.42 Å². The summed E-state index contributed by atoms with van der Waals surface area (Å²) in [6, 6.07) is 10.6. The monoisotopic (exact) mass is 355 g/mol.